The van der Waals surface area contributed by atoms with Crippen molar-refractivity contribution in [3.63, 3.8) is 0 Å². The molecule has 4 aliphatic heterocycles. The first-order valence-electron chi connectivity index (χ1n) is 14.8. The van der Waals surface area contributed by atoms with Crippen LogP contribution in [0.1, 0.15) is 17.2 Å². The Balaban J connectivity index is 1.39. The number of carbonyl (C=O) groups excluding carboxylic acids is 3. The summed E-state index contributed by atoms with van der Waals surface area (Å²) in [7, 11) is 0. The lowest BCUT2D eigenvalue weighted by Crippen LogP contribution is -2.56. The zero-order chi connectivity index (χ0) is 30.6. The van der Waals surface area contributed by atoms with E-state index in [0.29, 0.717) is 28.5 Å². The van der Waals surface area contributed by atoms with E-state index in [-0.39, 0.29) is 18.4 Å². The number of benzene rings is 3. The van der Waals surface area contributed by atoms with Crippen molar-refractivity contribution in [3.8, 4) is 0 Å². The number of hydrogen-bond acceptors (Lipinski definition) is 5. The van der Waals surface area contributed by atoms with Crippen molar-refractivity contribution in [1.82, 2.24) is 4.90 Å². The fraction of sp³-hybridized carbons (Fsp3) is 0.286. The predicted octanol–water partition coefficient (Wildman–Crippen LogP) is 4.47. The number of rotatable bonds is 5. The molecule has 4 heterocycles. The molecule has 0 aromatic heterocycles. The summed E-state index contributed by atoms with van der Waals surface area (Å²) in [5.74, 6) is -2.91. The number of hydrogen-bond donors (Lipinski definition) is 1. The Morgan fingerprint density at radius 1 is 0.886 bits per heavy atom. The highest BCUT2D eigenvalue weighted by Crippen LogP contribution is 2.55. The number of nitrogens with zero attached hydrogens (tertiary/aromatic N) is 3. The highest BCUT2D eigenvalue weighted by atomic mass is 35.5. The van der Waals surface area contributed by atoms with Gasteiger partial charge in [0, 0.05) is 18.8 Å². The average Bonchev–Trinajstić information content (AvgIpc) is 3.35. The molecule has 6 atom stereocenters. The molecular weight excluding hydrogens is 578 g/mol. The minimum absolute atomic E-state index is 0.199. The number of para-hydroxylation sites is 2. The van der Waals surface area contributed by atoms with Crippen LogP contribution in [-0.2, 0) is 19.1 Å². The van der Waals surface area contributed by atoms with Crippen molar-refractivity contribution >= 4 is 40.7 Å². The summed E-state index contributed by atoms with van der Waals surface area (Å²) in [5, 5.41) is 11.2. The molecule has 1 unspecified atom stereocenters. The van der Waals surface area contributed by atoms with Crippen LogP contribution in [0.15, 0.2) is 103 Å². The van der Waals surface area contributed by atoms with Crippen LogP contribution < -0.4 is 9.80 Å². The van der Waals surface area contributed by atoms with Gasteiger partial charge in [-0.05, 0) is 36.2 Å². The third-order valence-corrected chi connectivity index (χ3v) is 9.62. The maximum Gasteiger partial charge on any atom is 0.253 e. The minimum Gasteiger partial charge on any atom is -0.394 e. The Kier molecular flexibility index (Phi) is 7.16. The smallest absolute Gasteiger partial charge is 0.253 e. The number of likely N-dealkylation sites (tertiary alicyclic amines) is 1. The summed E-state index contributed by atoms with van der Waals surface area (Å²) in [6.45, 7) is 1.99. The third kappa shape index (κ3) is 4.24. The summed E-state index contributed by atoms with van der Waals surface area (Å²) in [4.78, 5) is 48.8. The molecule has 0 bridgehead atoms. The van der Waals surface area contributed by atoms with Gasteiger partial charge in [-0.1, -0.05) is 96.6 Å². The molecule has 3 amide bonds. The van der Waals surface area contributed by atoms with Crippen molar-refractivity contribution < 1.29 is 24.2 Å². The number of aliphatic hydroxyl groups is 1. The number of aryl methyl sites for hydroxylation is 1. The van der Waals surface area contributed by atoms with Crippen LogP contribution in [0, 0.1) is 18.8 Å². The van der Waals surface area contributed by atoms with E-state index in [9.17, 15) is 19.5 Å². The monoisotopic (exact) mass is 609 g/mol. The molecule has 224 valence electrons. The van der Waals surface area contributed by atoms with Crippen molar-refractivity contribution in [3.05, 3.63) is 119 Å². The first-order chi connectivity index (χ1) is 21.4. The van der Waals surface area contributed by atoms with E-state index in [1.54, 1.807) is 21.9 Å². The van der Waals surface area contributed by atoms with Crippen molar-refractivity contribution in [2.45, 2.75) is 30.7 Å². The quantitative estimate of drug-likeness (QED) is 0.431. The molecule has 1 spiro atoms. The zero-order valence-electron chi connectivity index (χ0n) is 24.1. The molecule has 44 heavy (non-hydrogen) atoms. The van der Waals surface area contributed by atoms with E-state index in [1.807, 2.05) is 97.9 Å². The second-order valence-electron chi connectivity index (χ2n) is 11.7. The van der Waals surface area contributed by atoms with Gasteiger partial charge in [0.2, 0.25) is 11.8 Å². The number of ether oxygens (including phenoxy) is 1. The molecule has 0 aliphatic carbocycles. The van der Waals surface area contributed by atoms with E-state index in [2.05, 4.69) is 0 Å². The average molecular weight is 610 g/mol. The first-order valence-corrected chi connectivity index (χ1v) is 15.2. The van der Waals surface area contributed by atoms with Gasteiger partial charge >= 0.3 is 0 Å². The van der Waals surface area contributed by atoms with Crippen molar-refractivity contribution in [1.29, 1.82) is 0 Å². The second-order valence-corrected chi connectivity index (χ2v) is 12.1. The van der Waals surface area contributed by atoms with Gasteiger partial charge in [-0.15, -0.1) is 0 Å². The molecule has 0 radical (unpaired) electrons. The molecule has 1 N–H and O–H groups in total. The Bertz CT molecular complexity index is 1660. The second kappa shape index (κ2) is 11.0. The Morgan fingerprint density at radius 2 is 1.59 bits per heavy atom. The van der Waals surface area contributed by atoms with Crippen LogP contribution in [0.2, 0.25) is 5.02 Å². The molecule has 2 saturated heterocycles. The third-order valence-electron chi connectivity index (χ3n) is 9.32. The maximum atomic E-state index is 14.9. The van der Waals surface area contributed by atoms with Gasteiger partial charge in [0.25, 0.3) is 5.91 Å². The molecule has 7 rings (SSSR count). The minimum atomic E-state index is -1.45. The number of amides is 3. The maximum absolute atomic E-state index is 14.9. The number of carbonyl (C=O) groups is 3. The van der Waals surface area contributed by atoms with Crippen LogP contribution in [-0.4, -0.2) is 65.2 Å². The van der Waals surface area contributed by atoms with E-state index < -0.39 is 48.1 Å². The molecule has 0 saturated carbocycles. The molecule has 3 aromatic carbocycles. The van der Waals surface area contributed by atoms with E-state index in [1.165, 1.54) is 4.90 Å². The standard InChI is InChI=1S/C35H32ClN3O5/c1-22-11-8-16-25(36)30(22)38-20-10-18-35-29(28-27(44-35)17-9-19-37(32(28)41)24-14-6-3-7-15-24)33(42)39(31(35)34(38)43)26(21-40)23-12-4-2-5-13-23/h2-18,26-29,31,40H,19-21H2,1H3/t26-,27-,28+,29+,31?,35+/m1/s1. The highest BCUT2D eigenvalue weighted by molar-refractivity contribution is 6.34. The number of fused-ring (bicyclic) bond motifs is 2. The van der Waals surface area contributed by atoms with Gasteiger partial charge in [-0.3, -0.25) is 14.4 Å². The topological polar surface area (TPSA) is 90.4 Å². The fourth-order valence-electron chi connectivity index (χ4n) is 7.45. The molecule has 4 aliphatic rings. The van der Waals surface area contributed by atoms with Gasteiger partial charge in [-0.25, -0.2) is 0 Å². The summed E-state index contributed by atoms with van der Waals surface area (Å²) in [6.07, 6.45) is 6.63. The van der Waals surface area contributed by atoms with Crippen molar-refractivity contribution in [2.24, 2.45) is 11.8 Å². The van der Waals surface area contributed by atoms with Gasteiger partial charge in [0.1, 0.15) is 11.6 Å². The summed E-state index contributed by atoms with van der Waals surface area (Å²) in [6, 6.07) is 21.9. The summed E-state index contributed by atoms with van der Waals surface area (Å²) >= 11 is 6.67. The molecule has 3 aromatic rings. The molecular formula is C35H32ClN3O5. The summed E-state index contributed by atoms with van der Waals surface area (Å²) < 4.78 is 6.80. The van der Waals surface area contributed by atoms with Gasteiger partial charge in [0.15, 0.2) is 0 Å². The first kappa shape index (κ1) is 28.5. The molecule has 2 fully saturated rings. The van der Waals surface area contributed by atoms with Crippen molar-refractivity contribution in [2.75, 3.05) is 29.5 Å². The number of aliphatic hydroxyl groups excluding tert-OH is 1. The van der Waals surface area contributed by atoms with Crippen LogP contribution in [0.5, 0.6) is 0 Å². The van der Waals surface area contributed by atoms with Crippen LogP contribution in [0.25, 0.3) is 0 Å². The largest absolute Gasteiger partial charge is 0.394 e. The predicted molar refractivity (Wildman–Crippen MR) is 167 cm³/mol. The van der Waals surface area contributed by atoms with E-state index >= 15 is 0 Å². The Labute approximate surface area is 260 Å². The lowest BCUT2D eigenvalue weighted by molar-refractivity contribution is -0.144. The normalized spacial score (nSPS) is 28.4. The number of halogens is 1. The Hall–Kier alpha value is -4.24. The molecule has 8 nitrogen and oxygen atoms in total. The van der Waals surface area contributed by atoms with Crippen LogP contribution >= 0.6 is 11.6 Å². The zero-order valence-corrected chi connectivity index (χ0v) is 24.9. The SMILES string of the molecule is Cc1cccc(Cl)c1N1CC=C[C@]23O[C@@H]4C=CCN(c5ccccc5)C(=O)[C@@H]4[C@H]2C(=O)N([C@H](CO)c2ccccc2)C3C1=O. The van der Waals surface area contributed by atoms with E-state index in [0.717, 1.165) is 5.56 Å². The highest BCUT2D eigenvalue weighted by Gasteiger charge is 2.72. The summed E-state index contributed by atoms with van der Waals surface area (Å²) in [5.41, 5.74) is 1.30. The van der Waals surface area contributed by atoms with E-state index in [4.69, 9.17) is 16.3 Å². The number of anilines is 2. The lowest BCUT2D eigenvalue weighted by Gasteiger charge is -2.39. The van der Waals surface area contributed by atoms with Crippen LogP contribution in [0.4, 0.5) is 11.4 Å². The lowest BCUT2D eigenvalue weighted by atomic mass is 9.77. The molecule has 9 heteroatoms. The van der Waals surface area contributed by atoms with Gasteiger partial charge in [0.05, 0.1) is 41.3 Å². The van der Waals surface area contributed by atoms with Crippen LogP contribution in [0.3, 0.4) is 0 Å². The Morgan fingerprint density at radius 3 is 2.30 bits per heavy atom. The van der Waals surface area contributed by atoms with Gasteiger partial charge < -0.3 is 24.5 Å². The fourth-order valence-corrected chi connectivity index (χ4v) is 7.77. The van der Waals surface area contributed by atoms with Gasteiger partial charge in [-0.2, -0.15) is 0 Å².